The number of ether oxygens (including phenoxy) is 2. The third-order valence-electron chi connectivity index (χ3n) is 8.03. The standard InChI is InChI=1S/C39H65NO8/c1-3-5-7-9-11-13-15-17-19-21-23-25-27-29-35(43)40-32(31-47-39-38(46)37(45)36(44)34(30-41)48-39)33(42)28-26-24-22-20-18-16-14-12-10-8-6-4-2/h5,7,11,13,17-20,23,25-26,28,32-34,36-39,41-42,44-46H,3-4,6,8-10,12,14-16,21-22,24,27,29-31H2,1-2H3,(H,40,43)/b7-5-,13-11-,19-17-,20-18+,25-23-,28-26+. The van der Waals surface area contributed by atoms with Crippen LogP contribution in [0.5, 0.6) is 0 Å². The van der Waals surface area contributed by atoms with Crippen molar-refractivity contribution in [1.29, 1.82) is 0 Å². The molecule has 0 radical (unpaired) electrons. The van der Waals surface area contributed by atoms with Crippen molar-refractivity contribution in [1.82, 2.24) is 5.32 Å². The number of allylic oxidation sites excluding steroid dienone is 11. The van der Waals surface area contributed by atoms with Gasteiger partial charge in [0.2, 0.25) is 5.91 Å². The first-order chi connectivity index (χ1) is 23.3. The first kappa shape index (κ1) is 43.7. The van der Waals surface area contributed by atoms with Gasteiger partial charge in [0.25, 0.3) is 0 Å². The Labute approximate surface area is 289 Å². The average Bonchev–Trinajstić information content (AvgIpc) is 3.08. The van der Waals surface area contributed by atoms with Gasteiger partial charge in [-0.15, -0.1) is 0 Å². The molecule has 0 spiro atoms. The van der Waals surface area contributed by atoms with Crippen LogP contribution in [0.2, 0.25) is 0 Å². The van der Waals surface area contributed by atoms with Gasteiger partial charge in [-0.2, -0.15) is 0 Å². The van der Waals surface area contributed by atoms with Crippen LogP contribution in [-0.4, -0.2) is 87.5 Å². The molecule has 274 valence electrons. The zero-order chi connectivity index (χ0) is 35.2. The van der Waals surface area contributed by atoms with E-state index in [-0.39, 0.29) is 18.9 Å². The van der Waals surface area contributed by atoms with Crippen molar-refractivity contribution in [3.8, 4) is 0 Å². The summed E-state index contributed by atoms with van der Waals surface area (Å²) in [7, 11) is 0. The Kier molecular flexibility index (Phi) is 26.9. The van der Waals surface area contributed by atoms with Crippen LogP contribution in [0.25, 0.3) is 0 Å². The van der Waals surface area contributed by atoms with E-state index in [9.17, 15) is 30.3 Å². The summed E-state index contributed by atoms with van der Waals surface area (Å²) >= 11 is 0. The number of aliphatic hydroxyl groups excluding tert-OH is 5. The fourth-order valence-electron chi connectivity index (χ4n) is 5.06. The molecule has 9 heteroatoms. The molecular weight excluding hydrogens is 610 g/mol. The summed E-state index contributed by atoms with van der Waals surface area (Å²) in [6.07, 6.45) is 31.1. The minimum atomic E-state index is -1.58. The number of nitrogens with one attached hydrogen (secondary N) is 1. The molecule has 0 aliphatic carbocycles. The Hall–Kier alpha value is -2.37. The highest BCUT2D eigenvalue weighted by Gasteiger charge is 2.44. The van der Waals surface area contributed by atoms with Gasteiger partial charge in [0.15, 0.2) is 6.29 Å². The smallest absolute Gasteiger partial charge is 0.220 e. The highest BCUT2D eigenvalue weighted by atomic mass is 16.7. The molecular formula is C39H65NO8. The molecule has 9 nitrogen and oxygen atoms in total. The van der Waals surface area contributed by atoms with E-state index in [1.807, 2.05) is 18.2 Å². The van der Waals surface area contributed by atoms with E-state index in [1.54, 1.807) is 6.08 Å². The molecule has 1 fully saturated rings. The molecule has 0 bridgehead atoms. The second-order valence-corrected chi connectivity index (χ2v) is 12.3. The molecule has 1 aliphatic heterocycles. The highest BCUT2D eigenvalue weighted by Crippen LogP contribution is 2.22. The van der Waals surface area contributed by atoms with E-state index in [4.69, 9.17) is 9.47 Å². The van der Waals surface area contributed by atoms with Gasteiger partial charge in [0.05, 0.1) is 25.4 Å². The summed E-state index contributed by atoms with van der Waals surface area (Å²) in [5.41, 5.74) is 0. The predicted molar refractivity (Wildman–Crippen MR) is 193 cm³/mol. The lowest BCUT2D eigenvalue weighted by Gasteiger charge is -2.40. The van der Waals surface area contributed by atoms with E-state index in [2.05, 4.69) is 67.8 Å². The second kappa shape index (κ2) is 29.5. The van der Waals surface area contributed by atoms with E-state index < -0.39 is 49.5 Å². The SMILES string of the molecule is CC/C=C\C/C=C\C/C=C\C/C=C\CCC(=O)NC(COC1OC(CO)C(O)C(O)C1O)C(O)/C=C/CC/C=C/CCCCCCCC. The summed E-state index contributed by atoms with van der Waals surface area (Å²) in [5.74, 6) is -0.273. The zero-order valence-corrected chi connectivity index (χ0v) is 29.5. The van der Waals surface area contributed by atoms with Crippen LogP contribution in [-0.2, 0) is 14.3 Å². The van der Waals surface area contributed by atoms with Gasteiger partial charge >= 0.3 is 0 Å². The van der Waals surface area contributed by atoms with Crippen molar-refractivity contribution in [2.45, 2.75) is 153 Å². The zero-order valence-electron chi connectivity index (χ0n) is 29.5. The number of unbranched alkanes of at least 4 members (excludes halogenated alkanes) is 7. The number of rotatable bonds is 27. The molecule has 1 saturated heterocycles. The van der Waals surface area contributed by atoms with Gasteiger partial charge in [-0.3, -0.25) is 4.79 Å². The maximum atomic E-state index is 12.8. The minimum Gasteiger partial charge on any atom is -0.394 e. The van der Waals surface area contributed by atoms with Crippen LogP contribution in [0, 0.1) is 0 Å². The summed E-state index contributed by atoms with van der Waals surface area (Å²) in [5, 5.41) is 53.7. The Bertz CT molecular complexity index is 973. The summed E-state index contributed by atoms with van der Waals surface area (Å²) in [6.45, 7) is 3.52. The van der Waals surface area contributed by atoms with Gasteiger partial charge in [0, 0.05) is 6.42 Å². The van der Waals surface area contributed by atoms with Gasteiger partial charge < -0.3 is 40.3 Å². The van der Waals surface area contributed by atoms with Crippen LogP contribution >= 0.6 is 0 Å². The lowest BCUT2D eigenvalue weighted by Crippen LogP contribution is -2.60. The van der Waals surface area contributed by atoms with Crippen LogP contribution < -0.4 is 5.32 Å². The molecule has 0 aromatic rings. The quantitative estimate of drug-likeness (QED) is 0.0468. The molecule has 0 aromatic heterocycles. The Morgan fingerprint density at radius 2 is 1.31 bits per heavy atom. The summed E-state index contributed by atoms with van der Waals surface area (Å²) in [6, 6.07) is -0.859. The van der Waals surface area contributed by atoms with Crippen LogP contribution in [0.15, 0.2) is 72.9 Å². The number of aliphatic hydroxyl groups is 5. The van der Waals surface area contributed by atoms with Crippen molar-refractivity contribution in [2.24, 2.45) is 0 Å². The molecule has 0 saturated carbocycles. The van der Waals surface area contributed by atoms with Crippen molar-refractivity contribution in [3.05, 3.63) is 72.9 Å². The number of hydrogen-bond acceptors (Lipinski definition) is 8. The van der Waals surface area contributed by atoms with E-state index in [0.29, 0.717) is 6.42 Å². The maximum absolute atomic E-state index is 12.8. The first-order valence-electron chi connectivity index (χ1n) is 18.2. The fourth-order valence-corrected chi connectivity index (χ4v) is 5.06. The van der Waals surface area contributed by atoms with Gasteiger partial charge in [-0.1, -0.05) is 119 Å². The Balaban J connectivity index is 2.59. The van der Waals surface area contributed by atoms with Gasteiger partial charge in [0.1, 0.15) is 24.4 Å². The van der Waals surface area contributed by atoms with Crippen molar-refractivity contribution in [3.63, 3.8) is 0 Å². The van der Waals surface area contributed by atoms with Crippen molar-refractivity contribution >= 4 is 5.91 Å². The molecule has 1 aliphatic rings. The van der Waals surface area contributed by atoms with Crippen molar-refractivity contribution in [2.75, 3.05) is 13.2 Å². The number of carbonyl (C=O) groups excluding carboxylic acids is 1. The minimum absolute atomic E-state index is 0.213. The van der Waals surface area contributed by atoms with Crippen molar-refractivity contribution < 1.29 is 39.8 Å². The lowest BCUT2D eigenvalue weighted by molar-refractivity contribution is -0.302. The van der Waals surface area contributed by atoms with Gasteiger partial charge in [-0.05, 0) is 57.8 Å². The first-order valence-corrected chi connectivity index (χ1v) is 18.2. The number of hydrogen-bond donors (Lipinski definition) is 6. The number of amides is 1. The molecule has 48 heavy (non-hydrogen) atoms. The Morgan fingerprint density at radius 3 is 1.98 bits per heavy atom. The van der Waals surface area contributed by atoms with E-state index in [1.165, 1.54) is 38.5 Å². The molecule has 1 rings (SSSR count). The molecule has 1 heterocycles. The Morgan fingerprint density at radius 1 is 0.729 bits per heavy atom. The largest absolute Gasteiger partial charge is 0.394 e. The molecule has 1 amide bonds. The molecule has 7 atom stereocenters. The average molecular weight is 676 g/mol. The summed E-state index contributed by atoms with van der Waals surface area (Å²) in [4.78, 5) is 12.8. The number of carbonyl (C=O) groups is 1. The predicted octanol–water partition coefficient (Wildman–Crippen LogP) is 5.88. The highest BCUT2D eigenvalue weighted by molar-refractivity contribution is 5.76. The monoisotopic (exact) mass is 675 g/mol. The fraction of sp³-hybridized carbons (Fsp3) is 0.667. The van der Waals surface area contributed by atoms with E-state index >= 15 is 0 Å². The van der Waals surface area contributed by atoms with Crippen LogP contribution in [0.1, 0.15) is 110 Å². The third kappa shape index (κ3) is 20.9. The molecule has 0 aromatic carbocycles. The third-order valence-corrected chi connectivity index (χ3v) is 8.03. The lowest BCUT2D eigenvalue weighted by atomic mass is 9.99. The normalized spacial score (nSPS) is 23.5. The van der Waals surface area contributed by atoms with E-state index in [0.717, 1.165) is 44.9 Å². The maximum Gasteiger partial charge on any atom is 0.220 e. The second-order valence-electron chi connectivity index (χ2n) is 12.3. The van der Waals surface area contributed by atoms with Crippen LogP contribution in [0.4, 0.5) is 0 Å². The molecule has 6 N–H and O–H groups in total. The van der Waals surface area contributed by atoms with Crippen LogP contribution in [0.3, 0.4) is 0 Å². The molecule has 7 unspecified atom stereocenters. The topological polar surface area (TPSA) is 149 Å². The van der Waals surface area contributed by atoms with Gasteiger partial charge in [-0.25, -0.2) is 0 Å². The summed E-state index contributed by atoms with van der Waals surface area (Å²) < 4.78 is 11.1.